The maximum atomic E-state index is 15.3. The standard InChI is InChI=1S/C42H45FO3/c1-7-9-10-12-27(3)29(5)31-15-17-32(18-16-31)33-19-21-34(22-20-33)38-26-36(23-24-39(38)43)41(40(44)11-8-2)30(6)35-14-13-28(4)37(25-35)42(45)46/h10,12-27,29H,7-9,11H2,1-6H3,(H,45,46). The van der Waals surface area contributed by atoms with Crippen LogP contribution in [0.2, 0.25) is 0 Å². The normalized spacial score (nSPS) is 13.4. The van der Waals surface area contributed by atoms with E-state index < -0.39 is 5.97 Å². The molecule has 0 bridgehead atoms. The monoisotopic (exact) mass is 616 g/mol. The summed E-state index contributed by atoms with van der Waals surface area (Å²) in [6.45, 7) is 12.2. The van der Waals surface area contributed by atoms with Gasteiger partial charge in [-0.1, -0.05) is 113 Å². The maximum Gasteiger partial charge on any atom is 0.335 e. The van der Waals surface area contributed by atoms with Crippen LogP contribution in [-0.4, -0.2) is 16.9 Å². The predicted molar refractivity (Wildman–Crippen MR) is 189 cm³/mol. The molecule has 2 atom stereocenters. The highest BCUT2D eigenvalue weighted by molar-refractivity contribution is 6.27. The summed E-state index contributed by atoms with van der Waals surface area (Å²) in [5.74, 6) is -0.582. The Balaban J connectivity index is 1.66. The number of aryl methyl sites for hydroxylation is 1. The lowest BCUT2D eigenvalue weighted by atomic mass is 9.87. The number of ketones is 1. The van der Waals surface area contributed by atoms with Crippen molar-refractivity contribution in [2.45, 2.75) is 73.1 Å². The van der Waals surface area contributed by atoms with E-state index >= 15 is 4.39 Å². The molecule has 4 aromatic rings. The van der Waals surface area contributed by atoms with E-state index in [4.69, 9.17) is 0 Å². The molecule has 0 aliphatic rings. The first kappa shape index (κ1) is 34.3. The zero-order valence-corrected chi connectivity index (χ0v) is 27.9. The van der Waals surface area contributed by atoms with E-state index in [1.54, 1.807) is 31.2 Å². The molecule has 3 nitrogen and oxygen atoms in total. The van der Waals surface area contributed by atoms with Crippen molar-refractivity contribution < 1.29 is 19.1 Å². The van der Waals surface area contributed by atoms with E-state index in [1.807, 2.05) is 44.2 Å². The molecule has 0 spiro atoms. The molecular formula is C42H45FO3. The van der Waals surface area contributed by atoms with Crippen LogP contribution in [0.25, 0.3) is 33.4 Å². The predicted octanol–water partition coefficient (Wildman–Crippen LogP) is 11.6. The second kappa shape index (κ2) is 15.6. The fourth-order valence-corrected chi connectivity index (χ4v) is 5.84. The third kappa shape index (κ3) is 7.98. The molecule has 46 heavy (non-hydrogen) atoms. The van der Waals surface area contributed by atoms with Crippen molar-refractivity contribution in [3.63, 3.8) is 0 Å². The zero-order valence-electron chi connectivity index (χ0n) is 27.9. The number of rotatable bonds is 13. The Kier molecular flexibility index (Phi) is 11.7. The number of halogens is 1. The Labute approximate surface area is 273 Å². The highest BCUT2D eigenvalue weighted by Gasteiger charge is 2.20. The topological polar surface area (TPSA) is 54.4 Å². The molecular weight excluding hydrogens is 571 g/mol. The molecule has 0 heterocycles. The number of allylic oxidation sites excluding steroid dienone is 4. The average Bonchev–Trinajstić information content (AvgIpc) is 3.05. The lowest BCUT2D eigenvalue weighted by Crippen LogP contribution is -2.06. The molecule has 0 radical (unpaired) electrons. The summed E-state index contributed by atoms with van der Waals surface area (Å²) in [7, 11) is 0. The van der Waals surface area contributed by atoms with Gasteiger partial charge in [-0.25, -0.2) is 9.18 Å². The molecule has 4 heteroatoms. The van der Waals surface area contributed by atoms with Crippen molar-refractivity contribution in [3.05, 3.63) is 131 Å². The molecule has 0 aromatic heterocycles. The highest BCUT2D eigenvalue weighted by Crippen LogP contribution is 2.34. The first-order chi connectivity index (χ1) is 22.0. The van der Waals surface area contributed by atoms with Crippen molar-refractivity contribution in [3.8, 4) is 22.3 Å². The number of Topliss-reactive ketones (excluding diaryl/α,β-unsaturated/α-hetero) is 1. The number of hydrogen-bond donors (Lipinski definition) is 1. The molecule has 4 rings (SSSR count). The molecule has 0 fully saturated rings. The SMILES string of the molecule is CCCC=CC(C)C(C)c1ccc(-c2ccc(-c3cc(C(C(=O)CCC)=C(C)c4ccc(C)c(C(=O)O)c4)ccc3F)cc2)cc1. The van der Waals surface area contributed by atoms with Gasteiger partial charge in [0.2, 0.25) is 0 Å². The third-order valence-electron chi connectivity index (χ3n) is 8.94. The number of carboxylic acid groups (broad SMARTS) is 1. The van der Waals surface area contributed by atoms with Gasteiger partial charge in [0.15, 0.2) is 5.78 Å². The minimum atomic E-state index is -1.02. The van der Waals surface area contributed by atoms with Crippen LogP contribution in [0.4, 0.5) is 4.39 Å². The van der Waals surface area contributed by atoms with Crippen LogP contribution in [0, 0.1) is 18.7 Å². The number of aromatic carboxylic acids is 1. The Bertz CT molecular complexity index is 1740. The van der Waals surface area contributed by atoms with E-state index in [9.17, 15) is 14.7 Å². The molecule has 1 N–H and O–H groups in total. The zero-order chi connectivity index (χ0) is 33.4. The van der Waals surface area contributed by atoms with Crippen LogP contribution in [0.15, 0.2) is 97.1 Å². The quantitative estimate of drug-likeness (QED) is 0.0923. The second-order valence-corrected chi connectivity index (χ2v) is 12.3. The Hall–Kier alpha value is -4.57. The largest absolute Gasteiger partial charge is 0.478 e. The van der Waals surface area contributed by atoms with Gasteiger partial charge >= 0.3 is 5.97 Å². The van der Waals surface area contributed by atoms with E-state index in [2.05, 4.69) is 57.2 Å². The van der Waals surface area contributed by atoms with Crippen LogP contribution in [0.5, 0.6) is 0 Å². The second-order valence-electron chi connectivity index (χ2n) is 12.3. The molecule has 0 saturated carbocycles. The van der Waals surface area contributed by atoms with Crippen molar-refractivity contribution in [1.82, 2.24) is 0 Å². The van der Waals surface area contributed by atoms with Gasteiger partial charge in [0.1, 0.15) is 5.82 Å². The van der Waals surface area contributed by atoms with E-state index in [-0.39, 0.29) is 17.2 Å². The lowest BCUT2D eigenvalue weighted by Gasteiger charge is -2.18. The minimum Gasteiger partial charge on any atom is -0.478 e. The van der Waals surface area contributed by atoms with Crippen molar-refractivity contribution in [2.24, 2.45) is 5.92 Å². The lowest BCUT2D eigenvalue weighted by molar-refractivity contribution is -0.113. The van der Waals surface area contributed by atoms with Gasteiger partial charge in [0.05, 0.1) is 5.56 Å². The molecule has 0 aliphatic heterocycles. The molecule has 4 aromatic carbocycles. The molecule has 0 aliphatic carbocycles. The van der Waals surface area contributed by atoms with Gasteiger partial charge in [-0.2, -0.15) is 0 Å². The first-order valence-electron chi connectivity index (χ1n) is 16.3. The smallest absolute Gasteiger partial charge is 0.335 e. The van der Waals surface area contributed by atoms with Gasteiger partial charge in [0, 0.05) is 17.6 Å². The van der Waals surface area contributed by atoms with Gasteiger partial charge in [0.25, 0.3) is 0 Å². The summed E-state index contributed by atoms with van der Waals surface area (Å²) in [6.07, 6.45) is 7.85. The van der Waals surface area contributed by atoms with E-state index in [0.717, 1.165) is 24.0 Å². The van der Waals surface area contributed by atoms with Gasteiger partial charge < -0.3 is 5.11 Å². The summed E-state index contributed by atoms with van der Waals surface area (Å²) in [6, 6.07) is 26.5. The van der Waals surface area contributed by atoms with Crippen molar-refractivity contribution in [2.75, 3.05) is 0 Å². The van der Waals surface area contributed by atoms with Crippen LogP contribution < -0.4 is 0 Å². The molecule has 0 amide bonds. The number of hydrogen-bond acceptors (Lipinski definition) is 2. The minimum absolute atomic E-state index is 0.0607. The number of carboxylic acids is 1. The highest BCUT2D eigenvalue weighted by atomic mass is 19.1. The summed E-state index contributed by atoms with van der Waals surface area (Å²) in [5.41, 5.74) is 7.79. The number of carbonyl (C=O) groups excluding carboxylic acids is 1. The fraction of sp³-hybridized carbons (Fsp3) is 0.286. The number of benzene rings is 4. The maximum absolute atomic E-state index is 15.3. The van der Waals surface area contributed by atoms with Gasteiger partial charge in [-0.15, -0.1) is 0 Å². The summed E-state index contributed by atoms with van der Waals surface area (Å²) in [5, 5.41) is 9.67. The van der Waals surface area contributed by atoms with Gasteiger partial charge in [-0.05, 0) is 101 Å². The Morgan fingerprint density at radius 1 is 0.804 bits per heavy atom. The van der Waals surface area contributed by atoms with Crippen LogP contribution in [-0.2, 0) is 4.79 Å². The molecule has 0 saturated heterocycles. The summed E-state index contributed by atoms with van der Waals surface area (Å²) in [4.78, 5) is 25.3. The Morgan fingerprint density at radius 3 is 2.02 bits per heavy atom. The van der Waals surface area contributed by atoms with Crippen molar-refractivity contribution >= 4 is 22.9 Å². The third-order valence-corrected chi connectivity index (χ3v) is 8.94. The van der Waals surface area contributed by atoms with Crippen LogP contribution in [0.3, 0.4) is 0 Å². The Morgan fingerprint density at radius 2 is 1.41 bits per heavy atom. The summed E-state index contributed by atoms with van der Waals surface area (Å²) < 4.78 is 15.3. The number of unbranched alkanes of at least 4 members (excludes halogenated alkanes) is 1. The molecule has 238 valence electrons. The molecule has 2 unspecified atom stereocenters. The van der Waals surface area contributed by atoms with Crippen LogP contribution in [0.1, 0.15) is 98.8 Å². The van der Waals surface area contributed by atoms with E-state index in [1.165, 1.54) is 11.6 Å². The first-order valence-corrected chi connectivity index (χ1v) is 16.3. The van der Waals surface area contributed by atoms with E-state index in [0.29, 0.717) is 63.6 Å². The van der Waals surface area contributed by atoms with Crippen LogP contribution >= 0.6 is 0 Å². The average molecular weight is 617 g/mol. The van der Waals surface area contributed by atoms with Crippen molar-refractivity contribution in [1.29, 1.82) is 0 Å². The number of carbonyl (C=O) groups is 2. The fourth-order valence-electron chi connectivity index (χ4n) is 5.84. The summed E-state index contributed by atoms with van der Waals surface area (Å²) >= 11 is 0. The van der Waals surface area contributed by atoms with Gasteiger partial charge in [-0.3, -0.25) is 4.79 Å².